The normalized spacial score (nSPS) is 10.9. The standard InChI is InChI=1S/C19H17N5OS2/c1-11-5-3-7-14-17(11)24-19(27-14)23-16(25)9-13-10-26-18(21-13)22-15-8-4-6-12(2)20-15/h3-8,10H,9H2,1-2H3,(H,20,21,22)(H,23,24,25). The van der Waals surface area contributed by atoms with Gasteiger partial charge >= 0.3 is 0 Å². The molecule has 0 bridgehead atoms. The van der Waals surface area contributed by atoms with Gasteiger partial charge in [0.05, 0.1) is 22.3 Å². The number of para-hydroxylation sites is 1. The maximum atomic E-state index is 12.3. The molecule has 0 unspecified atom stereocenters. The van der Waals surface area contributed by atoms with E-state index < -0.39 is 0 Å². The number of thiazole rings is 2. The molecule has 0 saturated carbocycles. The zero-order valence-corrected chi connectivity index (χ0v) is 16.4. The van der Waals surface area contributed by atoms with E-state index >= 15 is 0 Å². The molecule has 0 atom stereocenters. The monoisotopic (exact) mass is 395 g/mol. The zero-order chi connectivity index (χ0) is 18.8. The molecule has 3 aromatic heterocycles. The van der Waals surface area contributed by atoms with E-state index in [0.717, 1.165) is 27.3 Å². The minimum absolute atomic E-state index is 0.128. The zero-order valence-electron chi connectivity index (χ0n) is 14.8. The first-order valence-electron chi connectivity index (χ1n) is 8.38. The molecule has 0 fully saturated rings. The van der Waals surface area contributed by atoms with Gasteiger partial charge in [-0.15, -0.1) is 11.3 Å². The van der Waals surface area contributed by atoms with Crippen molar-refractivity contribution in [2.24, 2.45) is 0 Å². The average Bonchev–Trinajstić information content (AvgIpc) is 3.22. The first-order chi connectivity index (χ1) is 13.1. The number of pyridine rings is 1. The predicted octanol–water partition coefficient (Wildman–Crippen LogP) is 4.69. The van der Waals surface area contributed by atoms with E-state index in [1.807, 2.05) is 55.6 Å². The molecule has 136 valence electrons. The fourth-order valence-corrected chi connectivity index (χ4v) is 4.31. The molecule has 0 saturated heterocycles. The van der Waals surface area contributed by atoms with Gasteiger partial charge in [-0.25, -0.2) is 15.0 Å². The van der Waals surface area contributed by atoms with E-state index in [-0.39, 0.29) is 12.3 Å². The van der Waals surface area contributed by atoms with Crippen LogP contribution in [0, 0.1) is 13.8 Å². The summed E-state index contributed by atoms with van der Waals surface area (Å²) in [4.78, 5) is 25.7. The molecule has 2 N–H and O–H groups in total. The highest BCUT2D eigenvalue weighted by atomic mass is 32.1. The fourth-order valence-electron chi connectivity index (χ4n) is 2.64. The summed E-state index contributed by atoms with van der Waals surface area (Å²) in [5.41, 5.74) is 3.68. The molecule has 27 heavy (non-hydrogen) atoms. The van der Waals surface area contributed by atoms with Crippen LogP contribution >= 0.6 is 22.7 Å². The number of fused-ring (bicyclic) bond motifs is 1. The lowest BCUT2D eigenvalue weighted by Crippen LogP contribution is -2.14. The van der Waals surface area contributed by atoms with Crippen molar-refractivity contribution >= 4 is 54.9 Å². The largest absolute Gasteiger partial charge is 0.316 e. The summed E-state index contributed by atoms with van der Waals surface area (Å²) in [5.74, 6) is 0.613. The molecule has 4 aromatic rings. The number of nitrogens with zero attached hydrogens (tertiary/aromatic N) is 3. The summed E-state index contributed by atoms with van der Waals surface area (Å²) in [5, 5.41) is 9.24. The minimum Gasteiger partial charge on any atom is -0.316 e. The van der Waals surface area contributed by atoms with Crippen LogP contribution in [-0.2, 0) is 11.2 Å². The lowest BCUT2D eigenvalue weighted by molar-refractivity contribution is -0.115. The van der Waals surface area contributed by atoms with Crippen molar-refractivity contribution in [1.29, 1.82) is 0 Å². The lowest BCUT2D eigenvalue weighted by Gasteiger charge is -2.02. The molecule has 3 heterocycles. The van der Waals surface area contributed by atoms with Gasteiger partial charge in [-0.2, -0.15) is 0 Å². The van der Waals surface area contributed by atoms with Crippen molar-refractivity contribution in [1.82, 2.24) is 15.0 Å². The third-order valence-electron chi connectivity index (χ3n) is 3.88. The topological polar surface area (TPSA) is 79.8 Å². The molecule has 0 radical (unpaired) electrons. The average molecular weight is 396 g/mol. The number of aromatic nitrogens is 3. The minimum atomic E-state index is -0.128. The van der Waals surface area contributed by atoms with Gasteiger partial charge in [-0.05, 0) is 37.6 Å². The van der Waals surface area contributed by atoms with Gasteiger partial charge in [0.15, 0.2) is 10.3 Å². The Bertz CT molecular complexity index is 1120. The van der Waals surface area contributed by atoms with Crippen LogP contribution in [0.5, 0.6) is 0 Å². The summed E-state index contributed by atoms with van der Waals surface area (Å²) >= 11 is 2.93. The van der Waals surface area contributed by atoms with Crippen LogP contribution in [0.2, 0.25) is 0 Å². The Balaban J connectivity index is 1.40. The second kappa shape index (κ2) is 7.42. The lowest BCUT2D eigenvalue weighted by atomic mass is 10.2. The number of aryl methyl sites for hydroxylation is 2. The first-order valence-corrected chi connectivity index (χ1v) is 10.1. The third-order valence-corrected chi connectivity index (χ3v) is 5.63. The molecule has 0 aliphatic rings. The maximum Gasteiger partial charge on any atom is 0.232 e. The van der Waals surface area contributed by atoms with Crippen molar-refractivity contribution in [3.8, 4) is 0 Å². The molecule has 0 aliphatic heterocycles. The van der Waals surface area contributed by atoms with Crippen LogP contribution in [-0.4, -0.2) is 20.9 Å². The fraction of sp³-hybridized carbons (Fsp3) is 0.158. The van der Waals surface area contributed by atoms with Crippen molar-refractivity contribution in [3.05, 3.63) is 58.7 Å². The molecule has 8 heteroatoms. The SMILES string of the molecule is Cc1cccc(Nc2nc(CC(=O)Nc3nc4c(C)cccc4s3)cs2)n1. The summed E-state index contributed by atoms with van der Waals surface area (Å²) < 4.78 is 1.07. The number of hydrogen-bond donors (Lipinski definition) is 2. The van der Waals surface area contributed by atoms with E-state index in [0.29, 0.717) is 16.0 Å². The van der Waals surface area contributed by atoms with Crippen molar-refractivity contribution in [2.75, 3.05) is 10.6 Å². The number of amides is 1. The Morgan fingerprint density at radius 3 is 2.70 bits per heavy atom. The van der Waals surface area contributed by atoms with E-state index in [4.69, 9.17) is 0 Å². The Morgan fingerprint density at radius 1 is 1.04 bits per heavy atom. The van der Waals surface area contributed by atoms with E-state index in [2.05, 4.69) is 25.6 Å². The van der Waals surface area contributed by atoms with Crippen LogP contribution in [0.15, 0.2) is 41.8 Å². The first kappa shape index (κ1) is 17.6. The predicted molar refractivity (Wildman–Crippen MR) is 111 cm³/mol. The van der Waals surface area contributed by atoms with E-state index in [1.165, 1.54) is 22.7 Å². The van der Waals surface area contributed by atoms with Crippen LogP contribution in [0.3, 0.4) is 0 Å². The number of rotatable bonds is 5. The quantitative estimate of drug-likeness (QED) is 0.512. The van der Waals surface area contributed by atoms with Gasteiger partial charge in [0.1, 0.15) is 5.82 Å². The molecule has 0 spiro atoms. The van der Waals surface area contributed by atoms with Gasteiger partial charge < -0.3 is 10.6 Å². The van der Waals surface area contributed by atoms with Crippen molar-refractivity contribution in [2.45, 2.75) is 20.3 Å². The summed E-state index contributed by atoms with van der Waals surface area (Å²) in [7, 11) is 0. The Hall–Kier alpha value is -2.84. The van der Waals surface area contributed by atoms with Crippen molar-refractivity contribution in [3.63, 3.8) is 0 Å². The summed E-state index contributed by atoms with van der Waals surface area (Å²) in [6, 6.07) is 11.8. The van der Waals surface area contributed by atoms with Gasteiger partial charge in [0, 0.05) is 11.1 Å². The van der Waals surface area contributed by atoms with Crippen LogP contribution < -0.4 is 10.6 Å². The maximum absolute atomic E-state index is 12.3. The van der Waals surface area contributed by atoms with Gasteiger partial charge in [-0.3, -0.25) is 4.79 Å². The number of benzene rings is 1. The molecule has 1 amide bonds. The summed E-state index contributed by atoms with van der Waals surface area (Å²) in [6.07, 6.45) is 0.203. The van der Waals surface area contributed by atoms with E-state index in [1.54, 1.807) is 0 Å². The number of hydrogen-bond acceptors (Lipinski definition) is 7. The molecule has 0 aliphatic carbocycles. The molecular formula is C19H17N5OS2. The van der Waals surface area contributed by atoms with Gasteiger partial charge in [0.25, 0.3) is 0 Å². The highest BCUT2D eigenvalue weighted by Crippen LogP contribution is 2.28. The highest BCUT2D eigenvalue weighted by Gasteiger charge is 2.12. The molecular weight excluding hydrogens is 378 g/mol. The van der Waals surface area contributed by atoms with Crippen LogP contribution in [0.25, 0.3) is 10.2 Å². The van der Waals surface area contributed by atoms with Gasteiger partial charge in [-0.1, -0.05) is 29.5 Å². The molecule has 1 aromatic carbocycles. The van der Waals surface area contributed by atoms with Gasteiger partial charge in [0.2, 0.25) is 5.91 Å². The second-order valence-corrected chi connectivity index (χ2v) is 7.99. The van der Waals surface area contributed by atoms with E-state index in [9.17, 15) is 4.79 Å². The Labute approximate surface area is 164 Å². The van der Waals surface area contributed by atoms with Crippen LogP contribution in [0.1, 0.15) is 17.0 Å². The molecule has 6 nitrogen and oxygen atoms in total. The second-order valence-electron chi connectivity index (χ2n) is 6.10. The summed E-state index contributed by atoms with van der Waals surface area (Å²) in [6.45, 7) is 3.95. The number of carbonyl (C=O) groups excluding carboxylic acids is 1. The van der Waals surface area contributed by atoms with Crippen LogP contribution in [0.4, 0.5) is 16.1 Å². The number of nitrogens with one attached hydrogen (secondary N) is 2. The number of anilines is 3. The highest BCUT2D eigenvalue weighted by molar-refractivity contribution is 7.22. The Kier molecular flexibility index (Phi) is 4.83. The smallest absolute Gasteiger partial charge is 0.232 e. The molecule has 4 rings (SSSR count). The van der Waals surface area contributed by atoms with Crippen molar-refractivity contribution < 1.29 is 4.79 Å². The number of carbonyl (C=O) groups is 1. The third kappa shape index (κ3) is 4.12. The Morgan fingerprint density at radius 2 is 1.89 bits per heavy atom.